The van der Waals surface area contributed by atoms with Crippen molar-refractivity contribution in [1.82, 2.24) is 0 Å². The van der Waals surface area contributed by atoms with Crippen LogP contribution in [0.5, 0.6) is 5.75 Å². The lowest BCUT2D eigenvalue weighted by molar-refractivity contribution is 0.417. The maximum Gasteiger partial charge on any atom is 0.233 e. The molecule has 0 heterocycles. The smallest absolute Gasteiger partial charge is 0.233 e. The molecule has 108 valence electrons. The number of methoxy groups -OCH3 is 1. The molecule has 20 heavy (non-hydrogen) atoms. The zero-order valence-corrected chi connectivity index (χ0v) is 12.2. The van der Waals surface area contributed by atoms with E-state index < -0.39 is 10.0 Å². The Bertz CT molecular complexity index is 640. The highest BCUT2D eigenvalue weighted by Gasteiger charge is 2.28. The molecule has 1 aliphatic rings. The minimum atomic E-state index is -3.34. The Morgan fingerprint density at radius 1 is 1.45 bits per heavy atom. The van der Waals surface area contributed by atoms with Crippen LogP contribution >= 0.6 is 0 Å². The van der Waals surface area contributed by atoms with E-state index in [2.05, 4.69) is 16.6 Å². The van der Waals surface area contributed by atoms with E-state index in [1.54, 1.807) is 18.2 Å². The van der Waals surface area contributed by atoms with Crippen molar-refractivity contribution in [1.29, 1.82) is 0 Å². The molecular weight excluding hydrogens is 276 g/mol. The molecule has 0 aromatic heterocycles. The summed E-state index contributed by atoms with van der Waals surface area (Å²) in [7, 11) is -1.84. The first-order valence-corrected chi connectivity index (χ1v) is 8.07. The van der Waals surface area contributed by atoms with E-state index in [1.807, 2.05) is 0 Å². The lowest BCUT2D eigenvalue weighted by Crippen LogP contribution is -2.18. The van der Waals surface area contributed by atoms with Crippen molar-refractivity contribution in [3.05, 3.63) is 23.8 Å². The van der Waals surface area contributed by atoms with Crippen molar-refractivity contribution in [2.45, 2.75) is 12.8 Å². The molecule has 1 saturated carbocycles. The van der Waals surface area contributed by atoms with Gasteiger partial charge in [0.05, 0.1) is 25.1 Å². The Labute approximate surface area is 119 Å². The van der Waals surface area contributed by atoms with Gasteiger partial charge in [-0.15, -0.1) is 0 Å². The van der Waals surface area contributed by atoms with Crippen LogP contribution in [-0.2, 0) is 10.0 Å². The number of nitrogens with two attached hydrogens (primary N) is 1. The third-order valence-corrected chi connectivity index (χ3v) is 4.39. The molecule has 0 radical (unpaired) electrons. The Kier molecular flexibility index (Phi) is 4.53. The van der Waals surface area contributed by atoms with E-state index in [0.29, 0.717) is 22.9 Å². The average molecular weight is 294 g/mol. The zero-order valence-electron chi connectivity index (χ0n) is 11.3. The van der Waals surface area contributed by atoms with Gasteiger partial charge in [0.15, 0.2) is 0 Å². The quantitative estimate of drug-likeness (QED) is 0.798. The van der Waals surface area contributed by atoms with Crippen molar-refractivity contribution in [2.24, 2.45) is 11.7 Å². The van der Waals surface area contributed by atoms with Gasteiger partial charge in [0.25, 0.3) is 0 Å². The predicted octanol–water partition coefficient (Wildman–Crippen LogP) is 1.16. The summed E-state index contributed by atoms with van der Waals surface area (Å²) in [5.74, 6) is 6.53. The van der Waals surface area contributed by atoms with Crippen LogP contribution in [0, 0.1) is 17.8 Å². The molecule has 0 aliphatic heterocycles. The van der Waals surface area contributed by atoms with Gasteiger partial charge in [0.1, 0.15) is 5.75 Å². The van der Waals surface area contributed by atoms with Gasteiger partial charge in [-0.1, -0.05) is 11.8 Å². The third kappa shape index (κ3) is 4.15. The van der Waals surface area contributed by atoms with Gasteiger partial charge >= 0.3 is 0 Å². The largest absolute Gasteiger partial charge is 0.495 e. The summed E-state index contributed by atoms with van der Waals surface area (Å²) in [4.78, 5) is 0. The van der Waals surface area contributed by atoms with E-state index >= 15 is 0 Å². The molecule has 0 unspecified atom stereocenters. The maximum atomic E-state index is 12.0. The van der Waals surface area contributed by atoms with E-state index in [0.717, 1.165) is 12.8 Å². The monoisotopic (exact) mass is 294 g/mol. The van der Waals surface area contributed by atoms with Crippen LogP contribution in [0.15, 0.2) is 18.2 Å². The third-order valence-electron chi connectivity index (χ3n) is 2.95. The van der Waals surface area contributed by atoms with Crippen molar-refractivity contribution < 1.29 is 13.2 Å². The van der Waals surface area contributed by atoms with Crippen molar-refractivity contribution in [3.8, 4) is 17.6 Å². The van der Waals surface area contributed by atoms with E-state index in [1.165, 1.54) is 7.11 Å². The van der Waals surface area contributed by atoms with Gasteiger partial charge in [-0.25, -0.2) is 8.42 Å². The highest BCUT2D eigenvalue weighted by atomic mass is 32.2. The summed E-state index contributed by atoms with van der Waals surface area (Å²) in [6.45, 7) is 0.259. The molecule has 5 nitrogen and oxygen atoms in total. The topological polar surface area (TPSA) is 81.4 Å². The molecule has 0 amide bonds. The Morgan fingerprint density at radius 2 is 2.20 bits per heavy atom. The Balaban J connectivity index is 2.23. The summed E-state index contributed by atoms with van der Waals surface area (Å²) in [5.41, 5.74) is 6.43. The summed E-state index contributed by atoms with van der Waals surface area (Å²) in [5, 5.41) is 0. The fraction of sp³-hybridized carbons (Fsp3) is 0.429. The second-order valence-corrected chi connectivity index (χ2v) is 6.51. The minimum absolute atomic E-state index is 0.162. The molecule has 0 bridgehead atoms. The van der Waals surface area contributed by atoms with Crippen LogP contribution in [0.25, 0.3) is 0 Å². The van der Waals surface area contributed by atoms with Gasteiger partial charge in [0.2, 0.25) is 10.0 Å². The molecule has 0 spiro atoms. The molecule has 0 atom stereocenters. The van der Waals surface area contributed by atoms with Gasteiger partial charge in [-0.05, 0) is 37.0 Å². The number of ether oxygens (including phenoxy) is 1. The minimum Gasteiger partial charge on any atom is -0.495 e. The van der Waals surface area contributed by atoms with Crippen LogP contribution < -0.4 is 15.2 Å². The SMILES string of the molecule is COc1ccc(C#CCN)cc1NS(=O)(=O)CC1CC1. The van der Waals surface area contributed by atoms with E-state index in [4.69, 9.17) is 10.5 Å². The first kappa shape index (κ1) is 14.7. The number of hydrogen-bond acceptors (Lipinski definition) is 4. The van der Waals surface area contributed by atoms with Crippen LogP contribution in [-0.4, -0.2) is 27.8 Å². The summed E-state index contributed by atoms with van der Waals surface area (Å²) >= 11 is 0. The molecular formula is C14H18N2O3S. The summed E-state index contributed by atoms with van der Waals surface area (Å²) in [6, 6.07) is 5.11. The molecule has 1 aromatic carbocycles. The molecule has 2 rings (SSSR count). The maximum absolute atomic E-state index is 12.0. The highest BCUT2D eigenvalue weighted by Crippen LogP contribution is 2.32. The Hall–Kier alpha value is -1.71. The fourth-order valence-electron chi connectivity index (χ4n) is 1.82. The average Bonchev–Trinajstić information content (AvgIpc) is 3.19. The first-order valence-electron chi connectivity index (χ1n) is 6.41. The molecule has 3 N–H and O–H groups in total. The number of nitrogens with one attached hydrogen (secondary N) is 1. The standard InChI is InChI=1S/C14H18N2O3S/c1-19-14-7-6-11(3-2-8-15)9-13(14)16-20(17,18)10-12-4-5-12/h6-7,9,12,16H,4-5,8,10,15H2,1H3. The molecule has 1 fully saturated rings. The summed E-state index contributed by atoms with van der Waals surface area (Å²) < 4.78 is 31.8. The van der Waals surface area contributed by atoms with E-state index in [9.17, 15) is 8.42 Å². The van der Waals surface area contributed by atoms with Gasteiger partial charge < -0.3 is 10.5 Å². The van der Waals surface area contributed by atoms with Crippen molar-refractivity contribution >= 4 is 15.7 Å². The number of benzene rings is 1. The Morgan fingerprint density at radius 3 is 2.80 bits per heavy atom. The zero-order chi connectivity index (χ0) is 14.6. The second-order valence-electron chi connectivity index (χ2n) is 4.75. The first-order chi connectivity index (χ1) is 9.54. The summed E-state index contributed by atoms with van der Waals surface area (Å²) in [6.07, 6.45) is 1.97. The van der Waals surface area contributed by atoms with Crippen LogP contribution in [0.3, 0.4) is 0 Å². The molecule has 1 aromatic rings. The van der Waals surface area contributed by atoms with Crippen molar-refractivity contribution in [2.75, 3.05) is 24.1 Å². The lowest BCUT2D eigenvalue weighted by Gasteiger charge is -2.12. The van der Waals surface area contributed by atoms with Crippen LogP contribution in [0.4, 0.5) is 5.69 Å². The van der Waals surface area contributed by atoms with Crippen molar-refractivity contribution in [3.63, 3.8) is 0 Å². The number of hydrogen-bond donors (Lipinski definition) is 2. The fourth-order valence-corrected chi connectivity index (χ4v) is 3.35. The normalized spacial score (nSPS) is 14.3. The number of rotatable bonds is 5. The van der Waals surface area contributed by atoms with Crippen LogP contribution in [0.2, 0.25) is 0 Å². The van der Waals surface area contributed by atoms with Gasteiger partial charge in [-0.2, -0.15) is 0 Å². The molecule has 1 aliphatic carbocycles. The number of sulfonamides is 1. The highest BCUT2D eigenvalue weighted by molar-refractivity contribution is 7.92. The van der Waals surface area contributed by atoms with Crippen LogP contribution in [0.1, 0.15) is 18.4 Å². The molecule has 6 heteroatoms. The van der Waals surface area contributed by atoms with Gasteiger partial charge in [-0.3, -0.25) is 4.72 Å². The number of anilines is 1. The second kappa shape index (κ2) is 6.16. The van der Waals surface area contributed by atoms with Gasteiger partial charge in [0, 0.05) is 5.56 Å². The predicted molar refractivity (Wildman–Crippen MR) is 79.1 cm³/mol. The van der Waals surface area contributed by atoms with E-state index in [-0.39, 0.29) is 12.3 Å². The molecule has 0 saturated heterocycles. The lowest BCUT2D eigenvalue weighted by atomic mass is 10.2.